The predicted octanol–water partition coefficient (Wildman–Crippen LogP) is 2.17. The molecule has 3 amide bonds. The lowest BCUT2D eigenvalue weighted by atomic mass is 9.97. The van der Waals surface area contributed by atoms with Gasteiger partial charge in [0.1, 0.15) is 0 Å². The molecule has 1 aliphatic rings. The van der Waals surface area contributed by atoms with Gasteiger partial charge in [-0.05, 0) is 57.1 Å². The summed E-state index contributed by atoms with van der Waals surface area (Å²) in [6.45, 7) is 8.12. The highest BCUT2D eigenvalue weighted by Gasteiger charge is 2.19. The van der Waals surface area contributed by atoms with E-state index >= 15 is 0 Å². The Balaban J connectivity index is 1.53. The van der Waals surface area contributed by atoms with Gasteiger partial charge in [0, 0.05) is 37.0 Å². The van der Waals surface area contributed by atoms with Crippen LogP contribution < -0.4 is 16.0 Å². The Kier molecular flexibility index (Phi) is 8.21. The molecule has 6 nitrogen and oxygen atoms in total. The molecule has 2 heterocycles. The summed E-state index contributed by atoms with van der Waals surface area (Å²) in [6.07, 6.45) is 2.54. The number of hydrogen-bond acceptors (Lipinski definition) is 4. The monoisotopic (exact) mass is 366 g/mol. The van der Waals surface area contributed by atoms with Crippen molar-refractivity contribution in [2.24, 2.45) is 5.92 Å². The Morgan fingerprint density at radius 3 is 2.68 bits per heavy atom. The van der Waals surface area contributed by atoms with E-state index in [9.17, 15) is 9.59 Å². The molecule has 0 aromatic carbocycles. The summed E-state index contributed by atoms with van der Waals surface area (Å²) in [5, 5.41) is 10.6. The molecule has 0 radical (unpaired) electrons. The van der Waals surface area contributed by atoms with Crippen molar-refractivity contribution in [2.45, 2.75) is 45.7 Å². The molecule has 0 bridgehead atoms. The molecule has 1 aromatic rings. The minimum atomic E-state index is -0.182. The van der Waals surface area contributed by atoms with Gasteiger partial charge in [-0.2, -0.15) is 0 Å². The highest BCUT2D eigenvalue weighted by Crippen LogP contribution is 2.20. The van der Waals surface area contributed by atoms with Crippen LogP contribution in [0.15, 0.2) is 17.5 Å². The number of thiophene rings is 1. The van der Waals surface area contributed by atoms with E-state index in [1.165, 1.54) is 4.88 Å². The topological polar surface area (TPSA) is 73.5 Å². The number of piperidine rings is 1. The van der Waals surface area contributed by atoms with Crippen LogP contribution >= 0.6 is 11.3 Å². The fourth-order valence-electron chi connectivity index (χ4n) is 2.95. The van der Waals surface area contributed by atoms with Crippen LogP contribution in [0.4, 0.5) is 4.79 Å². The minimum absolute atomic E-state index is 0.0339. The smallest absolute Gasteiger partial charge is 0.314 e. The van der Waals surface area contributed by atoms with Crippen LogP contribution in [0.1, 0.15) is 38.0 Å². The van der Waals surface area contributed by atoms with Gasteiger partial charge < -0.3 is 16.0 Å². The zero-order chi connectivity index (χ0) is 18.1. The summed E-state index contributed by atoms with van der Waals surface area (Å²) < 4.78 is 0. The Morgan fingerprint density at radius 2 is 2.04 bits per heavy atom. The SMILES string of the molecule is CC(C)NC(=O)CCNC(=O)NCC1CCN(Cc2cccs2)CC1. The average Bonchev–Trinajstić information content (AvgIpc) is 3.06. The first-order valence-corrected chi connectivity index (χ1v) is 9.96. The Bertz CT molecular complexity index is 525. The molecule has 140 valence electrons. The molecular formula is C18H30N4O2S. The maximum absolute atomic E-state index is 11.8. The normalized spacial score (nSPS) is 16.0. The van der Waals surface area contributed by atoms with E-state index in [0.29, 0.717) is 25.4 Å². The number of carbonyl (C=O) groups excluding carboxylic acids is 2. The van der Waals surface area contributed by atoms with Gasteiger partial charge in [-0.25, -0.2) is 4.79 Å². The van der Waals surface area contributed by atoms with Crippen LogP contribution in [-0.4, -0.2) is 49.1 Å². The molecular weight excluding hydrogens is 336 g/mol. The summed E-state index contributed by atoms with van der Waals surface area (Å²) in [7, 11) is 0. The van der Waals surface area contributed by atoms with Crippen molar-refractivity contribution in [3.8, 4) is 0 Å². The summed E-state index contributed by atoms with van der Waals surface area (Å²) in [6, 6.07) is 4.23. The van der Waals surface area contributed by atoms with Gasteiger partial charge in [-0.15, -0.1) is 11.3 Å². The minimum Gasteiger partial charge on any atom is -0.354 e. The fraction of sp³-hybridized carbons (Fsp3) is 0.667. The van der Waals surface area contributed by atoms with Crippen LogP contribution in [0.5, 0.6) is 0 Å². The fourth-order valence-corrected chi connectivity index (χ4v) is 3.70. The van der Waals surface area contributed by atoms with Crippen LogP contribution in [0.2, 0.25) is 0 Å². The van der Waals surface area contributed by atoms with E-state index in [1.807, 2.05) is 25.2 Å². The van der Waals surface area contributed by atoms with E-state index in [-0.39, 0.29) is 18.0 Å². The first kappa shape index (κ1) is 19.7. The van der Waals surface area contributed by atoms with Crippen molar-refractivity contribution < 1.29 is 9.59 Å². The number of likely N-dealkylation sites (tertiary alicyclic amines) is 1. The second-order valence-corrected chi connectivity index (χ2v) is 7.94. The second-order valence-electron chi connectivity index (χ2n) is 6.91. The molecule has 1 saturated heterocycles. The molecule has 7 heteroatoms. The number of urea groups is 1. The van der Waals surface area contributed by atoms with Crippen LogP contribution in [-0.2, 0) is 11.3 Å². The van der Waals surface area contributed by atoms with Crippen molar-refractivity contribution in [3.63, 3.8) is 0 Å². The molecule has 1 fully saturated rings. The number of rotatable bonds is 8. The van der Waals surface area contributed by atoms with Crippen molar-refractivity contribution in [1.29, 1.82) is 0 Å². The van der Waals surface area contributed by atoms with Gasteiger partial charge in [0.2, 0.25) is 5.91 Å². The Labute approximate surface area is 154 Å². The van der Waals surface area contributed by atoms with Crippen molar-refractivity contribution in [2.75, 3.05) is 26.2 Å². The van der Waals surface area contributed by atoms with E-state index < -0.39 is 0 Å². The van der Waals surface area contributed by atoms with Crippen molar-refractivity contribution in [3.05, 3.63) is 22.4 Å². The molecule has 0 unspecified atom stereocenters. The van der Waals surface area contributed by atoms with Gasteiger partial charge in [0.25, 0.3) is 0 Å². The summed E-state index contributed by atoms with van der Waals surface area (Å²) in [4.78, 5) is 27.2. The molecule has 0 saturated carbocycles. The highest BCUT2D eigenvalue weighted by molar-refractivity contribution is 7.09. The average molecular weight is 367 g/mol. The third-order valence-electron chi connectivity index (χ3n) is 4.31. The maximum Gasteiger partial charge on any atom is 0.314 e. The lowest BCUT2D eigenvalue weighted by Gasteiger charge is -2.31. The summed E-state index contributed by atoms with van der Waals surface area (Å²) in [5.74, 6) is 0.503. The van der Waals surface area contributed by atoms with E-state index in [0.717, 1.165) is 32.5 Å². The Morgan fingerprint density at radius 1 is 1.28 bits per heavy atom. The van der Waals surface area contributed by atoms with Crippen molar-refractivity contribution >= 4 is 23.3 Å². The quantitative estimate of drug-likeness (QED) is 0.660. The van der Waals surface area contributed by atoms with Gasteiger partial charge in [0.15, 0.2) is 0 Å². The lowest BCUT2D eigenvalue weighted by molar-refractivity contribution is -0.121. The maximum atomic E-state index is 11.8. The first-order chi connectivity index (χ1) is 12.0. The number of amides is 3. The largest absolute Gasteiger partial charge is 0.354 e. The molecule has 3 N–H and O–H groups in total. The molecule has 1 aromatic heterocycles. The molecule has 0 aliphatic carbocycles. The molecule has 0 spiro atoms. The van der Waals surface area contributed by atoms with Gasteiger partial charge >= 0.3 is 6.03 Å². The molecule has 2 rings (SSSR count). The summed E-state index contributed by atoms with van der Waals surface area (Å²) >= 11 is 1.81. The van der Waals surface area contributed by atoms with Crippen LogP contribution in [0.25, 0.3) is 0 Å². The summed E-state index contributed by atoms with van der Waals surface area (Å²) in [5.41, 5.74) is 0. The van der Waals surface area contributed by atoms with Gasteiger partial charge in [-0.3, -0.25) is 9.69 Å². The number of nitrogens with one attached hydrogen (secondary N) is 3. The Hall–Kier alpha value is -1.60. The molecule has 0 atom stereocenters. The molecule has 1 aliphatic heterocycles. The molecule has 25 heavy (non-hydrogen) atoms. The second kappa shape index (κ2) is 10.4. The van der Waals surface area contributed by atoms with Crippen LogP contribution in [0, 0.1) is 5.92 Å². The zero-order valence-corrected chi connectivity index (χ0v) is 16.0. The highest BCUT2D eigenvalue weighted by atomic mass is 32.1. The van der Waals surface area contributed by atoms with Crippen LogP contribution in [0.3, 0.4) is 0 Å². The predicted molar refractivity (Wildman–Crippen MR) is 102 cm³/mol. The van der Waals surface area contributed by atoms with Crippen molar-refractivity contribution in [1.82, 2.24) is 20.9 Å². The number of hydrogen-bond donors (Lipinski definition) is 3. The third-order valence-corrected chi connectivity index (χ3v) is 5.17. The lowest BCUT2D eigenvalue weighted by Crippen LogP contribution is -2.42. The first-order valence-electron chi connectivity index (χ1n) is 9.08. The van der Waals surface area contributed by atoms with Gasteiger partial charge in [0.05, 0.1) is 0 Å². The van der Waals surface area contributed by atoms with E-state index in [1.54, 1.807) is 0 Å². The standard InChI is InChI=1S/C18H30N4O2S/c1-14(2)21-17(23)5-8-19-18(24)20-12-15-6-9-22(10-7-15)13-16-4-3-11-25-16/h3-4,11,14-15H,5-10,12-13H2,1-2H3,(H,21,23)(H2,19,20,24). The number of carbonyl (C=O) groups is 2. The van der Waals surface area contributed by atoms with E-state index in [4.69, 9.17) is 0 Å². The van der Waals surface area contributed by atoms with Gasteiger partial charge in [-0.1, -0.05) is 6.07 Å². The van der Waals surface area contributed by atoms with E-state index in [2.05, 4.69) is 38.4 Å². The number of nitrogens with zero attached hydrogens (tertiary/aromatic N) is 1. The third kappa shape index (κ3) is 7.88. The zero-order valence-electron chi connectivity index (χ0n) is 15.2.